The van der Waals surface area contributed by atoms with Gasteiger partial charge in [-0.3, -0.25) is 4.98 Å². The van der Waals surface area contributed by atoms with Crippen molar-refractivity contribution in [1.82, 2.24) is 19.9 Å². The number of anilines is 1. The lowest BCUT2D eigenvalue weighted by atomic mass is 10.2. The monoisotopic (exact) mass is 565 g/mol. The van der Waals surface area contributed by atoms with E-state index in [0.717, 1.165) is 5.69 Å². The molecule has 1 fully saturated rings. The van der Waals surface area contributed by atoms with Crippen molar-refractivity contribution < 1.29 is 18.7 Å². The second kappa shape index (κ2) is 10.5. The smallest absolute Gasteiger partial charge is 0.410 e. The van der Waals surface area contributed by atoms with Gasteiger partial charge in [0.1, 0.15) is 16.9 Å². The molecule has 1 aliphatic heterocycles. The Hall–Kier alpha value is -2.72. The molecule has 186 valence electrons. The first kappa shape index (κ1) is 25.4. The number of fused-ring (bicyclic) bond motifs is 1. The van der Waals surface area contributed by atoms with Gasteiger partial charge in [0.05, 0.1) is 16.1 Å². The number of pyridine rings is 1. The van der Waals surface area contributed by atoms with E-state index in [2.05, 4.69) is 30.9 Å². The zero-order valence-electron chi connectivity index (χ0n) is 19.7. The molecule has 0 unspecified atom stereocenters. The Kier molecular flexibility index (Phi) is 7.61. The van der Waals surface area contributed by atoms with Crippen molar-refractivity contribution in [3.8, 4) is 6.01 Å². The minimum atomic E-state index is -0.585. The largest absolute Gasteiger partial charge is 0.463 e. The number of benzene rings is 1. The molecule has 3 aromatic rings. The van der Waals surface area contributed by atoms with Crippen molar-refractivity contribution in [3.05, 3.63) is 51.5 Å². The second-order valence-electron chi connectivity index (χ2n) is 9.09. The van der Waals surface area contributed by atoms with Crippen molar-refractivity contribution in [3.63, 3.8) is 0 Å². The van der Waals surface area contributed by atoms with E-state index in [-0.39, 0.29) is 33.7 Å². The normalized spacial score (nSPS) is 14.3. The number of hydrogen-bond acceptors (Lipinski definition) is 7. The average Bonchev–Trinajstić information content (AvgIpc) is 2.82. The topological polar surface area (TPSA) is 80.7 Å². The van der Waals surface area contributed by atoms with Gasteiger partial charge in [-0.15, -0.1) is 0 Å². The zero-order chi connectivity index (χ0) is 25.2. The number of carbonyl (C=O) groups excluding carboxylic acids is 1. The predicted octanol–water partition coefficient (Wildman–Crippen LogP) is 5.26. The van der Waals surface area contributed by atoms with Gasteiger partial charge < -0.3 is 19.3 Å². The van der Waals surface area contributed by atoms with Crippen LogP contribution >= 0.6 is 27.5 Å². The van der Waals surface area contributed by atoms with Crippen LogP contribution in [0.5, 0.6) is 6.01 Å². The highest BCUT2D eigenvalue weighted by atomic mass is 79.9. The van der Waals surface area contributed by atoms with E-state index < -0.39 is 11.4 Å². The highest BCUT2D eigenvalue weighted by molar-refractivity contribution is 9.10. The molecule has 1 aromatic carbocycles. The van der Waals surface area contributed by atoms with Gasteiger partial charge in [0.25, 0.3) is 0 Å². The maximum Gasteiger partial charge on any atom is 0.410 e. The van der Waals surface area contributed by atoms with Crippen LogP contribution in [-0.2, 0) is 11.2 Å². The summed E-state index contributed by atoms with van der Waals surface area (Å²) in [6.07, 6.45) is 1.91. The Morgan fingerprint density at radius 2 is 1.94 bits per heavy atom. The SMILES string of the molecule is CC(C)(C)OC(=O)N1CCN(c2nc(OCCc3ccccn3)nc3c(F)c(Br)c(Cl)cc23)CC1. The zero-order valence-corrected chi connectivity index (χ0v) is 22.1. The first-order valence-electron chi connectivity index (χ1n) is 11.2. The Bertz CT molecular complexity index is 1220. The summed E-state index contributed by atoms with van der Waals surface area (Å²) < 4.78 is 26.5. The van der Waals surface area contributed by atoms with E-state index in [4.69, 9.17) is 21.1 Å². The Morgan fingerprint density at radius 1 is 1.20 bits per heavy atom. The number of ether oxygens (including phenoxy) is 2. The fraction of sp³-hybridized carbons (Fsp3) is 0.417. The van der Waals surface area contributed by atoms with Crippen LogP contribution in [0.25, 0.3) is 10.9 Å². The highest BCUT2D eigenvalue weighted by Gasteiger charge is 2.28. The van der Waals surface area contributed by atoms with Crippen molar-refractivity contribution in [2.24, 2.45) is 0 Å². The van der Waals surface area contributed by atoms with E-state index in [1.807, 2.05) is 43.9 Å². The lowest BCUT2D eigenvalue weighted by Crippen LogP contribution is -2.50. The Morgan fingerprint density at radius 3 is 2.60 bits per heavy atom. The predicted molar refractivity (Wildman–Crippen MR) is 136 cm³/mol. The molecule has 0 aliphatic carbocycles. The van der Waals surface area contributed by atoms with Crippen LogP contribution in [-0.4, -0.2) is 64.3 Å². The van der Waals surface area contributed by atoms with E-state index in [1.165, 1.54) is 0 Å². The lowest BCUT2D eigenvalue weighted by Gasteiger charge is -2.36. The van der Waals surface area contributed by atoms with Crippen molar-refractivity contribution in [2.75, 3.05) is 37.7 Å². The van der Waals surface area contributed by atoms with E-state index >= 15 is 4.39 Å². The molecule has 2 aromatic heterocycles. The van der Waals surface area contributed by atoms with Gasteiger partial charge in [-0.2, -0.15) is 9.97 Å². The second-order valence-corrected chi connectivity index (χ2v) is 10.3. The van der Waals surface area contributed by atoms with Crippen molar-refractivity contribution in [1.29, 1.82) is 0 Å². The molecule has 1 aliphatic rings. The number of amides is 1. The maximum atomic E-state index is 15.1. The molecule has 11 heteroatoms. The molecular weight excluding hydrogens is 541 g/mol. The summed E-state index contributed by atoms with van der Waals surface area (Å²) in [5, 5.41) is 0.689. The molecule has 4 rings (SSSR count). The number of halogens is 3. The summed E-state index contributed by atoms with van der Waals surface area (Å²) in [7, 11) is 0. The molecule has 8 nitrogen and oxygen atoms in total. The van der Waals surface area contributed by atoms with Crippen LogP contribution in [0, 0.1) is 5.82 Å². The first-order chi connectivity index (χ1) is 16.6. The summed E-state index contributed by atoms with van der Waals surface area (Å²) in [5.74, 6) is -0.0851. The molecule has 35 heavy (non-hydrogen) atoms. The summed E-state index contributed by atoms with van der Waals surface area (Å²) in [6, 6.07) is 7.35. The molecule has 0 bridgehead atoms. The molecular formula is C24H26BrClFN5O3. The molecule has 0 N–H and O–H groups in total. The minimum Gasteiger partial charge on any atom is -0.463 e. The lowest BCUT2D eigenvalue weighted by molar-refractivity contribution is 0.0240. The van der Waals surface area contributed by atoms with Gasteiger partial charge in [0.2, 0.25) is 0 Å². The number of hydrogen-bond donors (Lipinski definition) is 0. The van der Waals surface area contributed by atoms with Crippen molar-refractivity contribution >= 4 is 50.3 Å². The molecule has 0 radical (unpaired) electrons. The standard InChI is InChI=1S/C24H26BrClFN5O3/c1-24(2,3)35-23(33)32-11-9-31(10-12-32)21-16-14-17(26)18(25)19(27)20(16)29-22(30-21)34-13-7-15-6-4-5-8-28-15/h4-6,8,14H,7,9-13H2,1-3H3. The Labute approximate surface area is 216 Å². The fourth-order valence-corrected chi connectivity index (χ4v) is 4.16. The first-order valence-corrected chi connectivity index (χ1v) is 12.4. The van der Waals surface area contributed by atoms with Gasteiger partial charge in [0.15, 0.2) is 5.82 Å². The molecule has 1 saturated heterocycles. The third-order valence-electron chi connectivity index (χ3n) is 5.33. The molecule has 3 heterocycles. The van der Waals surface area contributed by atoms with Crippen LogP contribution in [0.3, 0.4) is 0 Å². The quantitative estimate of drug-likeness (QED) is 0.390. The molecule has 0 atom stereocenters. The van der Waals surface area contributed by atoms with Crippen molar-refractivity contribution in [2.45, 2.75) is 32.8 Å². The fourth-order valence-electron chi connectivity index (χ4n) is 3.66. The highest BCUT2D eigenvalue weighted by Crippen LogP contribution is 2.36. The number of rotatable bonds is 5. The van der Waals surface area contributed by atoms with Gasteiger partial charge in [-0.05, 0) is 54.9 Å². The van der Waals surface area contributed by atoms with Gasteiger partial charge in [0, 0.05) is 49.9 Å². The number of aromatic nitrogens is 3. The van der Waals surface area contributed by atoms with Crippen LogP contribution < -0.4 is 9.64 Å². The van der Waals surface area contributed by atoms with E-state index in [1.54, 1.807) is 17.2 Å². The number of nitrogens with zero attached hydrogens (tertiary/aromatic N) is 5. The van der Waals surface area contributed by atoms with E-state index in [9.17, 15) is 4.79 Å². The number of carbonyl (C=O) groups is 1. The number of piperazine rings is 1. The summed E-state index contributed by atoms with van der Waals surface area (Å²) in [4.78, 5) is 29.3. The van der Waals surface area contributed by atoms with Crippen LogP contribution in [0.1, 0.15) is 26.5 Å². The van der Waals surface area contributed by atoms with Crippen LogP contribution in [0.2, 0.25) is 5.02 Å². The van der Waals surface area contributed by atoms with Crippen LogP contribution in [0.15, 0.2) is 34.9 Å². The summed E-state index contributed by atoms with van der Waals surface area (Å²) >= 11 is 9.44. The van der Waals surface area contributed by atoms with Gasteiger partial charge >= 0.3 is 12.1 Å². The third kappa shape index (κ3) is 6.10. The van der Waals surface area contributed by atoms with E-state index in [0.29, 0.717) is 43.8 Å². The minimum absolute atomic E-state index is 0.0612. The summed E-state index contributed by atoms with van der Waals surface area (Å²) in [6.45, 7) is 7.61. The Balaban J connectivity index is 1.58. The van der Waals surface area contributed by atoms with Crippen LogP contribution in [0.4, 0.5) is 15.0 Å². The van der Waals surface area contributed by atoms with Gasteiger partial charge in [-0.1, -0.05) is 17.7 Å². The third-order valence-corrected chi connectivity index (χ3v) is 6.63. The average molecular weight is 567 g/mol. The molecule has 0 saturated carbocycles. The molecule has 1 amide bonds. The molecule has 0 spiro atoms. The maximum absolute atomic E-state index is 15.1. The summed E-state index contributed by atoms with van der Waals surface area (Å²) in [5.41, 5.74) is 0.404. The van der Waals surface area contributed by atoms with Gasteiger partial charge in [-0.25, -0.2) is 9.18 Å².